The largest absolute Gasteiger partial charge is 0.377 e. The van der Waals surface area contributed by atoms with Crippen LogP contribution in [0.25, 0.3) is 0 Å². The van der Waals surface area contributed by atoms with Crippen LogP contribution >= 0.6 is 12.3 Å². The van der Waals surface area contributed by atoms with Crippen molar-refractivity contribution in [2.75, 3.05) is 6.54 Å². The molecule has 0 aliphatic carbocycles. The zero-order valence-corrected chi connectivity index (χ0v) is 4.41. The highest BCUT2D eigenvalue weighted by molar-refractivity contribution is 7.92. The Morgan fingerprint density at radius 1 is 2.00 bits per heavy atom. The second-order valence-corrected chi connectivity index (χ2v) is 1.44. The van der Waals surface area contributed by atoms with E-state index in [1.165, 1.54) is 0 Å². The molecule has 0 saturated heterocycles. The SMILES string of the molecule is NC(O)CNSF. The summed E-state index contributed by atoms with van der Waals surface area (Å²) in [6, 6.07) is 0. The monoisotopic (exact) mass is 126 g/mol. The van der Waals surface area contributed by atoms with Crippen molar-refractivity contribution in [2.24, 2.45) is 5.73 Å². The van der Waals surface area contributed by atoms with Gasteiger partial charge in [-0.25, -0.2) is 4.72 Å². The number of nitrogens with two attached hydrogens (primary N) is 1. The summed E-state index contributed by atoms with van der Waals surface area (Å²) in [5.41, 5.74) is 4.79. The van der Waals surface area contributed by atoms with Crippen LogP contribution in [0.2, 0.25) is 0 Å². The van der Waals surface area contributed by atoms with E-state index in [-0.39, 0.29) is 18.9 Å². The highest BCUT2D eigenvalue weighted by Crippen LogP contribution is 1.88. The molecule has 0 rings (SSSR count). The van der Waals surface area contributed by atoms with Gasteiger partial charge in [-0.1, -0.05) is 0 Å². The van der Waals surface area contributed by atoms with E-state index in [0.717, 1.165) is 0 Å². The van der Waals surface area contributed by atoms with E-state index >= 15 is 0 Å². The first-order valence-electron chi connectivity index (χ1n) is 1.71. The minimum Gasteiger partial charge on any atom is -0.377 e. The standard InChI is InChI=1S/C2H7FN2OS/c3-7-5-1-2(4)6/h2,5-6H,1,4H2. The number of aliphatic hydroxyl groups excluding tert-OH is 1. The minimum absolute atomic E-state index is 0.0600. The highest BCUT2D eigenvalue weighted by Gasteiger charge is 1.91. The summed E-state index contributed by atoms with van der Waals surface area (Å²) < 4.78 is 13.1. The van der Waals surface area contributed by atoms with Crippen molar-refractivity contribution >= 4 is 12.3 Å². The number of aliphatic hydroxyl groups is 1. The fraction of sp³-hybridized carbons (Fsp3) is 1.00. The molecule has 0 aliphatic heterocycles. The van der Waals surface area contributed by atoms with Crippen LogP contribution in [0.4, 0.5) is 3.89 Å². The van der Waals surface area contributed by atoms with Crippen LogP contribution < -0.4 is 10.5 Å². The van der Waals surface area contributed by atoms with Gasteiger partial charge in [0.1, 0.15) is 18.6 Å². The lowest BCUT2D eigenvalue weighted by Gasteiger charge is -1.98. The second kappa shape index (κ2) is 4.32. The van der Waals surface area contributed by atoms with Crippen molar-refractivity contribution in [3.8, 4) is 0 Å². The number of hydrogen-bond donors (Lipinski definition) is 3. The molecule has 3 nitrogen and oxygen atoms in total. The van der Waals surface area contributed by atoms with Crippen LogP contribution in [0.5, 0.6) is 0 Å². The molecule has 0 heterocycles. The summed E-state index contributed by atoms with van der Waals surface area (Å²) >= 11 is -0.0600. The Morgan fingerprint density at radius 3 is 2.71 bits per heavy atom. The maximum atomic E-state index is 11.0. The van der Waals surface area contributed by atoms with Gasteiger partial charge >= 0.3 is 0 Å². The van der Waals surface area contributed by atoms with Gasteiger partial charge in [0, 0.05) is 6.54 Å². The van der Waals surface area contributed by atoms with Gasteiger partial charge in [-0.3, -0.25) is 0 Å². The molecular weight excluding hydrogens is 119 g/mol. The van der Waals surface area contributed by atoms with E-state index < -0.39 is 6.23 Å². The maximum Gasteiger partial charge on any atom is 0.131 e. The second-order valence-electron chi connectivity index (χ2n) is 0.993. The van der Waals surface area contributed by atoms with Gasteiger partial charge in [-0.15, -0.1) is 3.89 Å². The predicted octanol–water partition coefficient (Wildman–Crippen LogP) is -0.614. The van der Waals surface area contributed by atoms with Crippen molar-refractivity contribution < 1.29 is 8.99 Å². The average molecular weight is 126 g/mol. The topological polar surface area (TPSA) is 58.3 Å². The average Bonchev–Trinajstić information content (AvgIpc) is 1.61. The molecule has 0 aromatic heterocycles. The molecule has 0 aromatic rings. The van der Waals surface area contributed by atoms with Gasteiger partial charge in [0.2, 0.25) is 0 Å². The van der Waals surface area contributed by atoms with E-state index in [9.17, 15) is 3.89 Å². The third-order valence-electron chi connectivity index (χ3n) is 0.347. The lowest BCUT2D eigenvalue weighted by molar-refractivity contribution is 0.187. The molecule has 0 bridgehead atoms. The molecule has 5 heteroatoms. The molecule has 0 amide bonds. The third-order valence-corrected chi connectivity index (χ3v) is 0.623. The van der Waals surface area contributed by atoms with Crippen LogP contribution in [0.3, 0.4) is 0 Å². The Labute approximate surface area is 45.5 Å². The van der Waals surface area contributed by atoms with Crippen molar-refractivity contribution in [1.29, 1.82) is 0 Å². The predicted molar refractivity (Wildman–Crippen MR) is 26.9 cm³/mol. The van der Waals surface area contributed by atoms with Gasteiger partial charge in [0.05, 0.1) is 0 Å². The van der Waals surface area contributed by atoms with Crippen molar-refractivity contribution in [3.05, 3.63) is 0 Å². The molecule has 0 aliphatic rings. The molecule has 0 aromatic carbocycles. The maximum absolute atomic E-state index is 11.0. The van der Waals surface area contributed by atoms with Crippen LogP contribution in [-0.4, -0.2) is 17.9 Å². The number of rotatable bonds is 3. The highest BCUT2D eigenvalue weighted by atomic mass is 32.2. The Hall–Kier alpha value is 0.160. The first-order valence-corrected chi connectivity index (χ1v) is 2.43. The summed E-state index contributed by atoms with van der Waals surface area (Å²) in [7, 11) is 0. The normalized spacial score (nSPS) is 14.1. The van der Waals surface area contributed by atoms with Gasteiger partial charge in [-0.2, -0.15) is 0 Å². The Bertz CT molecular complexity index is 44.7. The smallest absolute Gasteiger partial charge is 0.131 e. The van der Waals surface area contributed by atoms with Crippen molar-refractivity contribution in [3.63, 3.8) is 0 Å². The quantitative estimate of drug-likeness (QED) is 0.348. The Kier molecular flexibility index (Phi) is 4.42. The molecule has 1 atom stereocenters. The summed E-state index contributed by atoms with van der Waals surface area (Å²) in [6.07, 6.45) is -0.969. The number of nitrogens with one attached hydrogen (secondary N) is 1. The number of hydrogen-bond acceptors (Lipinski definition) is 4. The molecule has 7 heavy (non-hydrogen) atoms. The zero-order valence-electron chi connectivity index (χ0n) is 3.60. The molecule has 0 spiro atoms. The summed E-state index contributed by atoms with van der Waals surface area (Å²) in [5.74, 6) is 0. The number of halogens is 1. The molecule has 0 radical (unpaired) electrons. The summed E-state index contributed by atoms with van der Waals surface area (Å²) in [4.78, 5) is 0. The fourth-order valence-corrected chi connectivity index (χ4v) is 0.351. The van der Waals surface area contributed by atoms with E-state index in [4.69, 9.17) is 10.8 Å². The van der Waals surface area contributed by atoms with Crippen molar-refractivity contribution in [2.45, 2.75) is 6.23 Å². The van der Waals surface area contributed by atoms with E-state index in [0.29, 0.717) is 0 Å². The lowest BCUT2D eigenvalue weighted by Crippen LogP contribution is -2.29. The first-order chi connectivity index (χ1) is 3.27. The van der Waals surface area contributed by atoms with E-state index in [2.05, 4.69) is 4.72 Å². The van der Waals surface area contributed by atoms with Crippen LogP contribution in [0.15, 0.2) is 0 Å². The minimum atomic E-state index is -0.969. The third kappa shape index (κ3) is 6.16. The first kappa shape index (κ1) is 7.16. The molecular formula is C2H7FN2OS. The van der Waals surface area contributed by atoms with Gasteiger partial charge in [0.15, 0.2) is 0 Å². The van der Waals surface area contributed by atoms with Crippen LogP contribution in [0, 0.1) is 0 Å². The van der Waals surface area contributed by atoms with Gasteiger partial charge in [0.25, 0.3) is 0 Å². The lowest BCUT2D eigenvalue weighted by atomic mass is 10.6. The molecule has 4 N–H and O–H groups in total. The summed E-state index contributed by atoms with van der Waals surface area (Å²) in [6.45, 7) is 0.0706. The molecule has 0 fully saturated rings. The van der Waals surface area contributed by atoms with E-state index in [1.807, 2.05) is 0 Å². The molecule has 0 saturated carbocycles. The van der Waals surface area contributed by atoms with Crippen LogP contribution in [-0.2, 0) is 0 Å². The fourth-order valence-electron chi connectivity index (χ4n) is 0.117. The summed E-state index contributed by atoms with van der Waals surface area (Å²) in [5, 5.41) is 8.22. The Morgan fingerprint density at radius 2 is 2.57 bits per heavy atom. The van der Waals surface area contributed by atoms with Crippen LogP contribution in [0.1, 0.15) is 0 Å². The van der Waals surface area contributed by atoms with Crippen molar-refractivity contribution in [1.82, 2.24) is 4.72 Å². The molecule has 44 valence electrons. The van der Waals surface area contributed by atoms with Gasteiger partial charge in [-0.05, 0) is 0 Å². The van der Waals surface area contributed by atoms with Gasteiger partial charge < -0.3 is 10.8 Å². The zero-order chi connectivity index (χ0) is 5.70. The Balaban J connectivity index is 2.68. The van der Waals surface area contributed by atoms with E-state index in [1.54, 1.807) is 0 Å². The molecule has 1 unspecified atom stereocenters.